The van der Waals surface area contributed by atoms with Crippen molar-refractivity contribution in [2.75, 3.05) is 7.05 Å². The minimum absolute atomic E-state index is 0.134. The summed E-state index contributed by atoms with van der Waals surface area (Å²) in [7, 11) is 1.65. The van der Waals surface area contributed by atoms with Gasteiger partial charge < -0.3 is 5.32 Å². The number of nitro groups is 1. The third kappa shape index (κ3) is 2.64. The predicted molar refractivity (Wildman–Crippen MR) is 42.8 cm³/mol. The standard InChI is InChI=1S/C4H7IN2O2/c1-3(6-2)4(5)7(8)9/h6H,1-2H3/b4-3+. The Morgan fingerprint density at radius 2 is 2.22 bits per heavy atom. The van der Waals surface area contributed by atoms with E-state index in [4.69, 9.17) is 0 Å². The first-order valence-electron chi connectivity index (χ1n) is 2.28. The Balaban J connectivity index is 4.28. The molecule has 0 amide bonds. The summed E-state index contributed by atoms with van der Waals surface area (Å²) in [6.07, 6.45) is 0. The molecule has 0 saturated carbocycles. The van der Waals surface area contributed by atoms with Crippen LogP contribution >= 0.6 is 22.6 Å². The van der Waals surface area contributed by atoms with Gasteiger partial charge in [-0.15, -0.1) is 0 Å². The van der Waals surface area contributed by atoms with Crippen LogP contribution in [0.15, 0.2) is 9.40 Å². The lowest BCUT2D eigenvalue weighted by Gasteiger charge is -1.95. The maximum Gasteiger partial charge on any atom is 0.322 e. The minimum atomic E-state index is -0.424. The molecule has 0 aromatic carbocycles. The van der Waals surface area contributed by atoms with Crippen LogP contribution in [-0.4, -0.2) is 12.0 Å². The van der Waals surface area contributed by atoms with Crippen LogP contribution in [0.25, 0.3) is 0 Å². The lowest BCUT2D eigenvalue weighted by Crippen LogP contribution is -2.07. The zero-order chi connectivity index (χ0) is 7.44. The van der Waals surface area contributed by atoms with Gasteiger partial charge in [0.1, 0.15) is 0 Å². The number of hydrogen-bond acceptors (Lipinski definition) is 3. The molecule has 0 spiro atoms. The average Bonchev–Trinajstić information content (AvgIpc) is 1.84. The smallest absolute Gasteiger partial charge is 0.322 e. The molecule has 0 saturated heterocycles. The van der Waals surface area contributed by atoms with Crippen molar-refractivity contribution < 1.29 is 4.92 Å². The lowest BCUT2D eigenvalue weighted by molar-refractivity contribution is -0.407. The van der Waals surface area contributed by atoms with Crippen LogP contribution in [0.5, 0.6) is 0 Å². The number of halogens is 1. The van der Waals surface area contributed by atoms with Gasteiger partial charge in [-0.1, -0.05) is 0 Å². The van der Waals surface area contributed by atoms with E-state index in [1.54, 1.807) is 36.6 Å². The molecule has 0 heterocycles. The highest BCUT2D eigenvalue weighted by Gasteiger charge is 2.07. The minimum Gasteiger partial charge on any atom is -0.386 e. The number of rotatable bonds is 2. The molecule has 0 bridgehead atoms. The Kier molecular flexibility index (Phi) is 3.52. The van der Waals surface area contributed by atoms with Gasteiger partial charge in [0.25, 0.3) is 0 Å². The molecule has 4 nitrogen and oxygen atoms in total. The molecule has 0 radical (unpaired) electrons. The van der Waals surface area contributed by atoms with Gasteiger partial charge in [0, 0.05) is 29.6 Å². The number of nitrogens with zero attached hydrogens (tertiary/aromatic N) is 1. The van der Waals surface area contributed by atoms with Crippen molar-refractivity contribution in [2.24, 2.45) is 0 Å². The van der Waals surface area contributed by atoms with E-state index in [0.29, 0.717) is 5.70 Å². The van der Waals surface area contributed by atoms with Crippen LogP contribution in [0.2, 0.25) is 0 Å². The topological polar surface area (TPSA) is 55.2 Å². The van der Waals surface area contributed by atoms with Gasteiger partial charge in [-0.25, -0.2) is 0 Å². The highest BCUT2D eigenvalue weighted by Crippen LogP contribution is 2.09. The van der Waals surface area contributed by atoms with Crippen molar-refractivity contribution in [3.05, 3.63) is 19.5 Å². The molecular formula is C4H7IN2O2. The van der Waals surface area contributed by atoms with E-state index in [2.05, 4.69) is 5.32 Å². The zero-order valence-corrected chi connectivity index (χ0v) is 7.30. The molecule has 0 aromatic heterocycles. The van der Waals surface area contributed by atoms with Crippen molar-refractivity contribution >= 4 is 22.6 Å². The highest BCUT2D eigenvalue weighted by molar-refractivity contribution is 14.1. The molecule has 0 rings (SSSR count). The lowest BCUT2D eigenvalue weighted by atomic mass is 10.5. The molecule has 52 valence electrons. The SMILES string of the molecule is CN/C(C)=C(\I)[N+](=O)[O-]. The first-order chi connectivity index (χ1) is 4.09. The fourth-order valence-corrected chi connectivity index (χ4v) is 0.510. The summed E-state index contributed by atoms with van der Waals surface area (Å²) < 4.78 is 0.134. The molecule has 0 atom stereocenters. The van der Waals surface area contributed by atoms with Crippen LogP contribution in [0.4, 0.5) is 0 Å². The fraction of sp³-hybridized carbons (Fsp3) is 0.500. The second-order valence-electron chi connectivity index (χ2n) is 1.42. The molecule has 0 unspecified atom stereocenters. The normalized spacial score (nSPS) is 12.3. The molecule has 9 heavy (non-hydrogen) atoms. The maximum atomic E-state index is 10.00. The van der Waals surface area contributed by atoms with E-state index < -0.39 is 4.92 Å². The summed E-state index contributed by atoms with van der Waals surface area (Å²) in [5, 5.41) is 12.7. The Hall–Kier alpha value is -0.330. The maximum absolute atomic E-state index is 10.00. The van der Waals surface area contributed by atoms with Crippen LogP contribution < -0.4 is 5.32 Å². The van der Waals surface area contributed by atoms with Gasteiger partial charge in [0.05, 0.1) is 10.6 Å². The van der Waals surface area contributed by atoms with Crippen molar-refractivity contribution in [1.82, 2.24) is 5.32 Å². The second kappa shape index (κ2) is 3.65. The van der Waals surface area contributed by atoms with Gasteiger partial charge in [0.2, 0.25) is 0 Å². The van der Waals surface area contributed by atoms with Gasteiger partial charge in [-0.3, -0.25) is 10.1 Å². The summed E-state index contributed by atoms with van der Waals surface area (Å²) in [5.41, 5.74) is 0.584. The first kappa shape index (κ1) is 8.67. The third-order valence-corrected chi connectivity index (χ3v) is 2.05. The van der Waals surface area contributed by atoms with Crippen molar-refractivity contribution in [1.29, 1.82) is 0 Å². The molecule has 5 heteroatoms. The first-order valence-corrected chi connectivity index (χ1v) is 3.36. The second-order valence-corrected chi connectivity index (χ2v) is 2.44. The van der Waals surface area contributed by atoms with Gasteiger partial charge in [0.15, 0.2) is 0 Å². The predicted octanol–water partition coefficient (Wildman–Crippen LogP) is 1.11. The van der Waals surface area contributed by atoms with Gasteiger partial charge in [-0.2, -0.15) is 0 Å². The Labute approximate surface area is 66.6 Å². The highest BCUT2D eigenvalue weighted by atomic mass is 127. The van der Waals surface area contributed by atoms with E-state index in [1.165, 1.54) is 0 Å². The summed E-state index contributed by atoms with van der Waals surface area (Å²) in [6, 6.07) is 0. The monoisotopic (exact) mass is 242 g/mol. The van der Waals surface area contributed by atoms with Gasteiger partial charge >= 0.3 is 3.70 Å². The summed E-state index contributed by atoms with van der Waals surface area (Å²) in [6.45, 7) is 1.66. The van der Waals surface area contributed by atoms with Crippen molar-refractivity contribution in [3.63, 3.8) is 0 Å². The number of nitrogens with one attached hydrogen (secondary N) is 1. The molecule has 0 aliphatic heterocycles. The van der Waals surface area contributed by atoms with E-state index in [-0.39, 0.29) is 3.70 Å². The van der Waals surface area contributed by atoms with Crippen molar-refractivity contribution in [2.45, 2.75) is 6.92 Å². The van der Waals surface area contributed by atoms with Crippen LogP contribution in [0.3, 0.4) is 0 Å². The fourth-order valence-electron chi connectivity index (χ4n) is 0.240. The number of allylic oxidation sites excluding steroid dienone is 1. The van der Waals surface area contributed by atoms with E-state index in [0.717, 1.165) is 0 Å². The van der Waals surface area contributed by atoms with Gasteiger partial charge in [-0.05, 0) is 6.92 Å². The largest absolute Gasteiger partial charge is 0.386 e. The van der Waals surface area contributed by atoms with Crippen molar-refractivity contribution in [3.8, 4) is 0 Å². The Morgan fingerprint density at radius 3 is 2.33 bits per heavy atom. The van der Waals surface area contributed by atoms with E-state index >= 15 is 0 Å². The molecular weight excluding hydrogens is 235 g/mol. The summed E-state index contributed by atoms with van der Waals surface area (Å²) in [4.78, 5) is 9.58. The molecule has 1 N–H and O–H groups in total. The summed E-state index contributed by atoms with van der Waals surface area (Å²) >= 11 is 1.68. The van der Waals surface area contributed by atoms with Crippen LogP contribution in [0, 0.1) is 10.1 Å². The Morgan fingerprint density at radius 1 is 1.78 bits per heavy atom. The average molecular weight is 242 g/mol. The Bertz CT molecular complexity index is 155. The van der Waals surface area contributed by atoms with Crippen LogP contribution in [0.1, 0.15) is 6.92 Å². The molecule has 0 aliphatic rings. The third-order valence-electron chi connectivity index (χ3n) is 0.845. The zero-order valence-electron chi connectivity index (χ0n) is 5.14. The number of hydrogen-bond donors (Lipinski definition) is 1. The molecule has 0 aromatic rings. The quantitative estimate of drug-likeness (QED) is 0.341. The molecule has 0 fully saturated rings. The van der Waals surface area contributed by atoms with E-state index in [9.17, 15) is 10.1 Å². The van der Waals surface area contributed by atoms with E-state index in [1.807, 2.05) is 0 Å². The van der Waals surface area contributed by atoms with Crippen LogP contribution in [-0.2, 0) is 0 Å². The molecule has 0 aliphatic carbocycles. The summed E-state index contributed by atoms with van der Waals surface area (Å²) in [5.74, 6) is 0.